The lowest BCUT2D eigenvalue weighted by molar-refractivity contribution is -0.108. The van der Waals surface area contributed by atoms with E-state index >= 15 is 0 Å². The molecule has 2 fully saturated rings. The average molecular weight is 341 g/mol. The Bertz CT molecular complexity index is 741. The molecule has 1 saturated carbocycles. The Morgan fingerprint density at radius 1 is 1.44 bits per heavy atom. The van der Waals surface area contributed by atoms with Crippen LogP contribution in [-0.2, 0) is 11.3 Å². The van der Waals surface area contributed by atoms with Crippen LogP contribution in [0.4, 0.5) is 4.79 Å². The van der Waals surface area contributed by atoms with E-state index in [0.717, 1.165) is 24.4 Å². The first-order valence-electron chi connectivity index (χ1n) is 8.66. The van der Waals surface area contributed by atoms with Crippen LogP contribution < -0.4 is 10.6 Å². The third-order valence-corrected chi connectivity index (χ3v) is 5.39. The number of pyridine rings is 1. The molecule has 7 heteroatoms. The maximum atomic E-state index is 12.3. The van der Waals surface area contributed by atoms with E-state index in [0.29, 0.717) is 12.5 Å². The number of urea groups is 1. The molecular weight excluding hydrogens is 318 g/mol. The van der Waals surface area contributed by atoms with Gasteiger partial charge in [0.1, 0.15) is 0 Å². The number of ether oxygens (including phenoxy) is 1. The SMILES string of the molecule is CC1(C)[C@H](NC(=O)NCc2ccc(-n3cccn3)nc2)[C@@H]2CCO[C@@H]21. The molecule has 132 valence electrons. The highest BCUT2D eigenvalue weighted by Gasteiger charge is 2.59. The lowest BCUT2D eigenvalue weighted by Crippen LogP contribution is -2.67. The summed E-state index contributed by atoms with van der Waals surface area (Å²) in [6.45, 7) is 5.55. The molecule has 0 unspecified atom stereocenters. The summed E-state index contributed by atoms with van der Waals surface area (Å²) in [4.78, 5) is 16.6. The first kappa shape index (κ1) is 16.1. The van der Waals surface area contributed by atoms with E-state index in [-0.39, 0.29) is 23.6 Å². The molecule has 25 heavy (non-hydrogen) atoms. The fraction of sp³-hybridized carbons (Fsp3) is 0.500. The Labute approximate surface area is 146 Å². The molecule has 2 aromatic rings. The van der Waals surface area contributed by atoms with Gasteiger partial charge in [-0.25, -0.2) is 14.5 Å². The van der Waals surface area contributed by atoms with Gasteiger partial charge in [0, 0.05) is 49.1 Å². The topological polar surface area (TPSA) is 81.1 Å². The number of nitrogens with one attached hydrogen (secondary N) is 2. The lowest BCUT2D eigenvalue weighted by atomic mass is 9.57. The zero-order valence-corrected chi connectivity index (χ0v) is 14.5. The molecule has 0 radical (unpaired) electrons. The predicted octanol–water partition coefficient (Wildman–Crippen LogP) is 1.88. The normalized spacial score (nSPS) is 26.6. The number of hydrogen-bond acceptors (Lipinski definition) is 4. The minimum atomic E-state index is -0.139. The van der Waals surface area contributed by atoms with Crippen LogP contribution in [0.5, 0.6) is 0 Å². The van der Waals surface area contributed by atoms with Crippen molar-refractivity contribution in [2.24, 2.45) is 11.3 Å². The lowest BCUT2D eigenvalue weighted by Gasteiger charge is -2.54. The Hall–Kier alpha value is -2.41. The Morgan fingerprint density at radius 3 is 3.04 bits per heavy atom. The molecule has 0 aromatic carbocycles. The number of nitrogens with zero attached hydrogens (tertiary/aromatic N) is 3. The van der Waals surface area contributed by atoms with E-state index in [1.807, 2.05) is 24.4 Å². The quantitative estimate of drug-likeness (QED) is 0.890. The molecular formula is C18H23N5O2. The van der Waals surface area contributed by atoms with E-state index < -0.39 is 0 Å². The van der Waals surface area contributed by atoms with Crippen molar-refractivity contribution < 1.29 is 9.53 Å². The zero-order chi connectivity index (χ0) is 17.4. The van der Waals surface area contributed by atoms with E-state index in [1.165, 1.54) is 0 Å². The fourth-order valence-corrected chi connectivity index (χ4v) is 4.05. The fourth-order valence-electron chi connectivity index (χ4n) is 4.05. The molecule has 1 aliphatic heterocycles. The summed E-state index contributed by atoms with van der Waals surface area (Å²) in [5, 5.41) is 10.2. The van der Waals surface area contributed by atoms with Gasteiger partial charge in [-0.05, 0) is 24.1 Å². The second kappa shape index (κ2) is 6.15. The molecule has 3 heterocycles. The number of carbonyl (C=O) groups excluding carboxylic acids is 1. The molecule has 2 aromatic heterocycles. The number of carbonyl (C=O) groups is 1. The molecule has 2 N–H and O–H groups in total. The van der Waals surface area contributed by atoms with Gasteiger partial charge in [-0.15, -0.1) is 0 Å². The third kappa shape index (κ3) is 2.89. The van der Waals surface area contributed by atoms with Crippen LogP contribution >= 0.6 is 0 Å². The molecule has 3 atom stereocenters. The van der Waals surface area contributed by atoms with Crippen molar-refractivity contribution in [1.82, 2.24) is 25.4 Å². The molecule has 0 spiro atoms. The molecule has 2 aliphatic rings. The summed E-state index contributed by atoms with van der Waals surface area (Å²) in [5.41, 5.74) is 0.937. The van der Waals surface area contributed by atoms with Crippen molar-refractivity contribution >= 4 is 6.03 Å². The Morgan fingerprint density at radius 2 is 2.32 bits per heavy atom. The van der Waals surface area contributed by atoms with Crippen LogP contribution in [-0.4, -0.2) is 39.5 Å². The van der Waals surface area contributed by atoms with Crippen LogP contribution in [0.2, 0.25) is 0 Å². The highest BCUT2D eigenvalue weighted by molar-refractivity contribution is 5.74. The van der Waals surface area contributed by atoms with Crippen molar-refractivity contribution in [2.45, 2.75) is 39.0 Å². The third-order valence-electron chi connectivity index (χ3n) is 5.39. The second-order valence-corrected chi connectivity index (χ2v) is 7.35. The van der Waals surface area contributed by atoms with Crippen LogP contribution in [0, 0.1) is 11.3 Å². The summed E-state index contributed by atoms with van der Waals surface area (Å²) in [6.07, 6.45) is 6.61. The van der Waals surface area contributed by atoms with Gasteiger partial charge in [-0.3, -0.25) is 0 Å². The number of fused-ring (bicyclic) bond motifs is 1. The van der Waals surface area contributed by atoms with E-state index in [1.54, 1.807) is 17.1 Å². The van der Waals surface area contributed by atoms with Gasteiger partial charge in [0.2, 0.25) is 0 Å². The van der Waals surface area contributed by atoms with Gasteiger partial charge < -0.3 is 15.4 Å². The summed E-state index contributed by atoms with van der Waals surface area (Å²) in [6, 6.07) is 5.71. The highest BCUT2D eigenvalue weighted by Crippen LogP contribution is 2.52. The number of aromatic nitrogens is 3. The van der Waals surface area contributed by atoms with Gasteiger partial charge in [-0.2, -0.15) is 5.10 Å². The molecule has 4 rings (SSSR count). The largest absolute Gasteiger partial charge is 0.377 e. The van der Waals surface area contributed by atoms with E-state index in [9.17, 15) is 4.79 Å². The molecule has 1 saturated heterocycles. The van der Waals surface area contributed by atoms with Gasteiger partial charge in [-0.1, -0.05) is 19.9 Å². The minimum Gasteiger partial charge on any atom is -0.377 e. The zero-order valence-electron chi connectivity index (χ0n) is 14.5. The summed E-state index contributed by atoms with van der Waals surface area (Å²) in [7, 11) is 0. The Kier molecular flexibility index (Phi) is 3.95. The average Bonchev–Trinajstić information content (AvgIpc) is 3.29. The van der Waals surface area contributed by atoms with E-state index in [2.05, 4.69) is 34.6 Å². The smallest absolute Gasteiger partial charge is 0.315 e. The monoisotopic (exact) mass is 341 g/mol. The number of hydrogen-bond donors (Lipinski definition) is 2. The van der Waals surface area contributed by atoms with Gasteiger partial charge >= 0.3 is 6.03 Å². The van der Waals surface area contributed by atoms with Gasteiger partial charge in [0.25, 0.3) is 0 Å². The van der Waals surface area contributed by atoms with E-state index in [4.69, 9.17) is 4.74 Å². The van der Waals surface area contributed by atoms with Crippen molar-refractivity contribution in [2.75, 3.05) is 6.61 Å². The molecule has 1 aliphatic carbocycles. The van der Waals surface area contributed by atoms with Crippen molar-refractivity contribution in [3.05, 3.63) is 42.4 Å². The van der Waals surface area contributed by atoms with Crippen LogP contribution in [0.25, 0.3) is 5.82 Å². The first-order chi connectivity index (χ1) is 12.1. The van der Waals surface area contributed by atoms with Crippen LogP contribution in [0.1, 0.15) is 25.8 Å². The van der Waals surface area contributed by atoms with Crippen LogP contribution in [0.15, 0.2) is 36.8 Å². The minimum absolute atomic E-state index is 0.00846. The van der Waals surface area contributed by atoms with Crippen molar-refractivity contribution in [3.63, 3.8) is 0 Å². The summed E-state index contributed by atoms with van der Waals surface area (Å²) < 4.78 is 7.46. The number of rotatable bonds is 4. The maximum absolute atomic E-state index is 12.3. The van der Waals surface area contributed by atoms with Gasteiger partial charge in [0.15, 0.2) is 5.82 Å². The molecule has 2 amide bonds. The predicted molar refractivity (Wildman–Crippen MR) is 92.1 cm³/mol. The van der Waals surface area contributed by atoms with Crippen molar-refractivity contribution in [1.29, 1.82) is 0 Å². The van der Waals surface area contributed by atoms with Crippen molar-refractivity contribution in [3.8, 4) is 5.82 Å². The molecule has 0 bridgehead atoms. The second-order valence-electron chi connectivity index (χ2n) is 7.35. The van der Waals surface area contributed by atoms with Gasteiger partial charge in [0.05, 0.1) is 6.10 Å². The molecule has 7 nitrogen and oxygen atoms in total. The number of amides is 2. The summed E-state index contributed by atoms with van der Waals surface area (Å²) >= 11 is 0. The van der Waals surface area contributed by atoms with Crippen LogP contribution in [0.3, 0.4) is 0 Å². The highest BCUT2D eigenvalue weighted by atomic mass is 16.5. The standard InChI is InChI=1S/C18H23N5O2/c1-18(2)15(13-6-9-25-16(13)18)22-17(24)20-11-12-4-5-14(19-10-12)23-8-3-7-21-23/h3-5,7-8,10,13,15-16H,6,9,11H2,1-2H3,(H2,20,22,24)/t13-,15+,16-/m0/s1. The maximum Gasteiger partial charge on any atom is 0.315 e. The first-order valence-corrected chi connectivity index (χ1v) is 8.66. The summed E-state index contributed by atoms with van der Waals surface area (Å²) in [5.74, 6) is 1.19. The Balaban J connectivity index is 1.30.